The SMILES string of the molecule is OCC1(C2CC2c2ccccc2)CCNCC1. The van der Waals surface area contributed by atoms with E-state index in [9.17, 15) is 5.11 Å². The van der Waals surface area contributed by atoms with Gasteiger partial charge in [-0.15, -0.1) is 0 Å². The van der Waals surface area contributed by atoms with Gasteiger partial charge in [0.05, 0.1) is 0 Å². The second-order valence-corrected chi connectivity index (χ2v) is 5.63. The van der Waals surface area contributed by atoms with Gasteiger partial charge in [0.1, 0.15) is 0 Å². The molecule has 1 aromatic rings. The van der Waals surface area contributed by atoms with Crippen LogP contribution in [0.1, 0.15) is 30.7 Å². The van der Waals surface area contributed by atoms with Crippen LogP contribution in [0.3, 0.4) is 0 Å². The van der Waals surface area contributed by atoms with Crippen molar-refractivity contribution in [1.82, 2.24) is 5.32 Å². The normalized spacial score (nSPS) is 31.1. The maximum atomic E-state index is 9.79. The average molecular weight is 231 g/mol. The minimum atomic E-state index is 0.200. The van der Waals surface area contributed by atoms with Gasteiger partial charge in [-0.1, -0.05) is 30.3 Å². The van der Waals surface area contributed by atoms with E-state index in [0.29, 0.717) is 18.4 Å². The highest BCUT2D eigenvalue weighted by Crippen LogP contribution is 2.59. The van der Waals surface area contributed by atoms with Gasteiger partial charge in [-0.2, -0.15) is 0 Å². The van der Waals surface area contributed by atoms with Crippen molar-refractivity contribution in [2.24, 2.45) is 11.3 Å². The van der Waals surface area contributed by atoms with Gasteiger partial charge >= 0.3 is 0 Å². The third-order valence-corrected chi connectivity index (χ3v) is 4.72. The van der Waals surface area contributed by atoms with Gasteiger partial charge < -0.3 is 10.4 Å². The molecule has 2 aliphatic rings. The highest BCUT2D eigenvalue weighted by atomic mass is 16.3. The largest absolute Gasteiger partial charge is 0.396 e. The maximum absolute atomic E-state index is 9.79. The van der Waals surface area contributed by atoms with Crippen LogP contribution in [0, 0.1) is 11.3 Å². The predicted molar refractivity (Wildman–Crippen MR) is 68.9 cm³/mol. The minimum Gasteiger partial charge on any atom is -0.396 e. The zero-order valence-corrected chi connectivity index (χ0v) is 10.2. The minimum absolute atomic E-state index is 0.200. The van der Waals surface area contributed by atoms with E-state index in [4.69, 9.17) is 0 Å². The fourth-order valence-electron chi connectivity index (χ4n) is 3.51. The standard InChI is InChI=1S/C15H21NO/c17-11-15(6-8-16-9-7-15)14-10-13(14)12-4-2-1-3-5-12/h1-5,13-14,16-17H,6-11H2. The lowest BCUT2D eigenvalue weighted by atomic mass is 9.74. The molecule has 0 radical (unpaired) electrons. The van der Waals surface area contributed by atoms with Gasteiger partial charge in [-0.3, -0.25) is 0 Å². The number of hydrogen-bond donors (Lipinski definition) is 2. The predicted octanol–water partition coefficient (Wildman–Crippen LogP) is 2.15. The Balaban J connectivity index is 1.74. The van der Waals surface area contributed by atoms with Gasteiger partial charge in [-0.25, -0.2) is 0 Å². The zero-order valence-electron chi connectivity index (χ0n) is 10.2. The lowest BCUT2D eigenvalue weighted by Gasteiger charge is -2.37. The first kappa shape index (κ1) is 11.2. The molecule has 0 bridgehead atoms. The molecule has 1 aromatic carbocycles. The van der Waals surface area contributed by atoms with Crippen molar-refractivity contribution in [2.45, 2.75) is 25.2 Å². The van der Waals surface area contributed by atoms with E-state index >= 15 is 0 Å². The molecule has 2 atom stereocenters. The van der Waals surface area contributed by atoms with Crippen LogP contribution in [-0.2, 0) is 0 Å². The molecule has 0 amide bonds. The van der Waals surface area contributed by atoms with E-state index < -0.39 is 0 Å². The van der Waals surface area contributed by atoms with E-state index in [1.165, 1.54) is 12.0 Å². The molecule has 2 unspecified atom stereocenters. The van der Waals surface area contributed by atoms with Crippen molar-refractivity contribution in [2.75, 3.05) is 19.7 Å². The number of aliphatic hydroxyl groups is 1. The van der Waals surface area contributed by atoms with Gasteiger partial charge in [0.25, 0.3) is 0 Å². The molecule has 3 rings (SSSR count). The van der Waals surface area contributed by atoms with E-state index in [0.717, 1.165) is 25.9 Å². The van der Waals surface area contributed by atoms with E-state index in [-0.39, 0.29) is 5.41 Å². The van der Waals surface area contributed by atoms with Crippen molar-refractivity contribution >= 4 is 0 Å². The molecule has 17 heavy (non-hydrogen) atoms. The Bertz CT molecular complexity index is 370. The molecule has 0 spiro atoms. The van der Waals surface area contributed by atoms with Crippen LogP contribution in [0.2, 0.25) is 0 Å². The molecule has 2 N–H and O–H groups in total. The third-order valence-electron chi connectivity index (χ3n) is 4.72. The average Bonchev–Trinajstić information content (AvgIpc) is 3.21. The van der Waals surface area contributed by atoms with Crippen LogP contribution in [0.5, 0.6) is 0 Å². The van der Waals surface area contributed by atoms with Crippen molar-refractivity contribution in [3.63, 3.8) is 0 Å². The first-order valence-electron chi connectivity index (χ1n) is 6.72. The molecule has 1 heterocycles. The van der Waals surface area contributed by atoms with Crippen molar-refractivity contribution in [1.29, 1.82) is 0 Å². The number of piperidine rings is 1. The molecule has 2 nitrogen and oxygen atoms in total. The Morgan fingerprint density at radius 1 is 1.18 bits per heavy atom. The molecular formula is C15H21NO. The Kier molecular flexibility index (Phi) is 2.93. The smallest absolute Gasteiger partial charge is 0.0491 e. The van der Waals surface area contributed by atoms with Crippen molar-refractivity contribution < 1.29 is 5.11 Å². The number of benzene rings is 1. The van der Waals surface area contributed by atoms with E-state index in [2.05, 4.69) is 35.6 Å². The quantitative estimate of drug-likeness (QED) is 0.835. The van der Waals surface area contributed by atoms with Gasteiger partial charge in [0.2, 0.25) is 0 Å². The van der Waals surface area contributed by atoms with Gasteiger partial charge in [0, 0.05) is 6.61 Å². The fourth-order valence-corrected chi connectivity index (χ4v) is 3.51. The number of rotatable bonds is 3. The summed E-state index contributed by atoms with van der Waals surface area (Å²) in [6.45, 7) is 2.50. The molecule has 1 aliphatic carbocycles. The summed E-state index contributed by atoms with van der Waals surface area (Å²) in [5.41, 5.74) is 1.66. The van der Waals surface area contributed by atoms with Crippen LogP contribution < -0.4 is 5.32 Å². The Morgan fingerprint density at radius 2 is 1.88 bits per heavy atom. The fraction of sp³-hybridized carbons (Fsp3) is 0.600. The first-order valence-corrected chi connectivity index (χ1v) is 6.72. The summed E-state index contributed by atoms with van der Waals surface area (Å²) < 4.78 is 0. The molecule has 92 valence electrons. The van der Waals surface area contributed by atoms with Gasteiger partial charge in [0.15, 0.2) is 0 Å². The van der Waals surface area contributed by atoms with Crippen LogP contribution in [0.25, 0.3) is 0 Å². The lowest BCUT2D eigenvalue weighted by molar-refractivity contribution is 0.0652. The molecule has 1 saturated carbocycles. The van der Waals surface area contributed by atoms with Gasteiger partial charge in [-0.05, 0) is 55.2 Å². The number of hydrogen-bond acceptors (Lipinski definition) is 2. The Hall–Kier alpha value is -0.860. The van der Waals surface area contributed by atoms with E-state index in [1.54, 1.807) is 0 Å². The summed E-state index contributed by atoms with van der Waals surface area (Å²) in [6.07, 6.45) is 3.54. The molecule has 2 fully saturated rings. The van der Waals surface area contributed by atoms with E-state index in [1.807, 2.05) is 0 Å². The summed E-state index contributed by atoms with van der Waals surface area (Å²) >= 11 is 0. The van der Waals surface area contributed by atoms with Crippen LogP contribution >= 0.6 is 0 Å². The van der Waals surface area contributed by atoms with Crippen molar-refractivity contribution in [3.8, 4) is 0 Å². The third kappa shape index (κ3) is 2.00. The summed E-state index contributed by atoms with van der Waals surface area (Å²) in [5, 5.41) is 13.2. The first-order chi connectivity index (χ1) is 8.36. The van der Waals surface area contributed by atoms with Crippen LogP contribution in [0.4, 0.5) is 0 Å². The highest BCUT2D eigenvalue weighted by molar-refractivity contribution is 5.27. The summed E-state index contributed by atoms with van der Waals surface area (Å²) in [5.74, 6) is 1.40. The van der Waals surface area contributed by atoms with Crippen LogP contribution in [0.15, 0.2) is 30.3 Å². The molecule has 2 heteroatoms. The Morgan fingerprint density at radius 3 is 2.53 bits per heavy atom. The summed E-state index contributed by atoms with van der Waals surface area (Å²) in [7, 11) is 0. The number of nitrogens with one attached hydrogen (secondary N) is 1. The van der Waals surface area contributed by atoms with Crippen molar-refractivity contribution in [3.05, 3.63) is 35.9 Å². The Labute approximate surface area is 103 Å². The summed E-state index contributed by atoms with van der Waals surface area (Å²) in [6, 6.07) is 10.8. The molecule has 1 aliphatic heterocycles. The molecule has 1 saturated heterocycles. The monoisotopic (exact) mass is 231 g/mol. The topological polar surface area (TPSA) is 32.3 Å². The maximum Gasteiger partial charge on any atom is 0.0491 e. The summed E-state index contributed by atoms with van der Waals surface area (Å²) in [4.78, 5) is 0. The number of aliphatic hydroxyl groups excluding tert-OH is 1. The molecular weight excluding hydrogens is 210 g/mol. The lowest BCUT2D eigenvalue weighted by Crippen LogP contribution is -2.41. The zero-order chi connectivity index (χ0) is 11.7. The second kappa shape index (κ2) is 4.43. The molecule has 0 aromatic heterocycles. The second-order valence-electron chi connectivity index (χ2n) is 5.63. The highest BCUT2D eigenvalue weighted by Gasteiger charge is 2.52. The van der Waals surface area contributed by atoms with Crippen LogP contribution in [-0.4, -0.2) is 24.8 Å².